The van der Waals surface area contributed by atoms with E-state index in [1.807, 2.05) is 0 Å². The molecule has 9 aromatic carbocycles. The predicted octanol–water partition coefficient (Wildman–Crippen LogP) is 13.5. The van der Waals surface area contributed by atoms with Crippen molar-refractivity contribution >= 4 is 92.3 Å². The molecule has 4 nitrogen and oxygen atoms in total. The monoisotopic (exact) mass is 710 g/mol. The summed E-state index contributed by atoms with van der Waals surface area (Å²) >= 11 is 0. The van der Waals surface area contributed by atoms with Gasteiger partial charge in [0.25, 0.3) is 0 Å². The molecule has 0 aliphatic heterocycles. The van der Waals surface area contributed by atoms with Crippen LogP contribution in [0.25, 0.3) is 121 Å². The van der Waals surface area contributed by atoms with Crippen LogP contribution in [0.5, 0.6) is 0 Å². The minimum absolute atomic E-state index is 0.716. The van der Waals surface area contributed by atoms with Crippen molar-refractivity contribution < 1.29 is 0 Å². The maximum absolute atomic E-state index is 5.27. The molecule has 4 heteroatoms. The molecule has 4 aromatic heterocycles. The molecule has 0 aliphatic carbocycles. The molecular weight excluding hydrogens is 681 g/mol. The molecule has 0 fully saturated rings. The average molecular weight is 711 g/mol. The van der Waals surface area contributed by atoms with Crippen LogP contribution >= 0.6 is 0 Å². The van der Waals surface area contributed by atoms with Crippen LogP contribution in [0, 0.1) is 0 Å². The van der Waals surface area contributed by atoms with Gasteiger partial charge in [0.1, 0.15) is 0 Å². The SMILES string of the molecule is c1ccc(-c2nc(-c3ccc(-n4c5ccccc5c5c6cc7c(cc6ccc54)c4cccc5c6ccccc6n7c54)cc3)nc3ccc4ccccc4c23)cc1. The van der Waals surface area contributed by atoms with E-state index >= 15 is 0 Å². The first kappa shape index (κ1) is 29.8. The van der Waals surface area contributed by atoms with Gasteiger partial charge in [-0.05, 0) is 82.2 Å². The summed E-state index contributed by atoms with van der Waals surface area (Å²) in [6, 6.07) is 65.8. The van der Waals surface area contributed by atoms with Gasteiger partial charge < -0.3 is 8.97 Å². The molecule has 0 saturated heterocycles. The number of aromatic nitrogens is 4. The Morgan fingerprint density at radius 2 is 1.05 bits per heavy atom. The van der Waals surface area contributed by atoms with Crippen LogP contribution in [0.4, 0.5) is 0 Å². The number of nitrogens with zero attached hydrogens (tertiary/aromatic N) is 4. The third kappa shape index (κ3) is 3.97. The molecule has 0 unspecified atom stereocenters. The molecule has 13 aromatic rings. The van der Waals surface area contributed by atoms with Crippen molar-refractivity contribution in [2.45, 2.75) is 0 Å². The summed E-state index contributed by atoms with van der Waals surface area (Å²) in [6.45, 7) is 0. The first-order valence-corrected chi connectivity index (χ1v) is 19.2. The molecule has 0 atom stereocenters. The van der Waals surface area contributed by atoms with Crippen molar-refractivity contribution in [2.75, 3.05) is 0 Å². The molecule has 56 heavy (non-hydrogen) atoms. The van der Waals surface area contributed by atoms with Crippen molar-refractivity contribution in [1.29, 1.82) is 0 Å². The van der Waals surface area contributed by atoms with Gasteiger partial charge in [-0.3, -0.25) is 0 Å². The van der Waals surface area contributed by atoms with Gasteiger partial charge in [-0.25, -0.2) is 9.97 Å². The Labute approximate surface area is 320 Å². The number of hydrogen-bond donors (Lipinski definition) is 0. The van der Waals surface area contributed by atoms with E-state index < -0.39 is 0 Å². The summed E-state index contributed by atoms with van der Waals surface area (Å²) in [5, 5.41) is 13.6. The highest BCUT2D eigenvalue weighted by atomic mass is 15.0. The van der Waals surface area contributed by atoms with Gasteiger partial charge in [0, 0.05) is 54.5 Å². The minimum Gasteiger partial charge on any atom is -0.309 e. The fourth-order valence-electron chi connectivity index (χ4n) is 9.59. The van der Waals surface area contributed by atoms with E-state index in [0.717, 1.165) is 38.8 Å². The Balaban J connectivity index is 1.02. The lowest BCUT2D eigenvalue weighted by atomic mass is 10.00. The normalized spacial score (nSPS) is 12.3. The van der Waals surface area contributed by atoms with Crippen molar-refractivity contribution in [3.63, 3.8) is 0 Å². The highest BCUT2D eigenvalue weighted by molar-refractivity contribution is 6.28. The van der Waals surface area contributed by atoms with Crippen LogP contribution in [0.3, 0.4) is 0 Å². The summed E-state index contributed by atoms with van der Waals surface area (Å²) in [6.07, 6.45) is 0. The van der Waals surface area contributed by atoms with E-state index in [2.05, 4.69) is 191 Å². The molecule has 0 N–H and O–H groups in total. The van der Waals surface area contributed by atoms with Gasteiger partial charge in [-0.15, -0.1) is 0 Å². The second-order valence-corrected chi connectivity index (χ2v) is 14.9. The van der Waals surface area contributed by atoms with Gasteiger partial charge in [-0.1, -0.05) is 121 Å². The van der Waals surface area contributed by atoms with Gasteiger partial charge in [0.2, 0.25) is 0 Å². The topological polar surface area (TPSA) is 35.1 Å². The minimum atomic E-state index is 0.716. The van der Waals surface area contributed by atoms with Crippen LogP contribution < -0.4 is 0 Å². The maximum Gasteiger partial charge on any atom is 0.160 e. The third-order valence-electron chi connectivity index (χ3n) is 12.0. The van der Waals surface area contributed by atoms with E-state index in [4.69, 9.17) is 9.97 Å². The Morgan fingerprint density at radius 3 is 1.91 bits per heavy atom. The standard InChI is InChI=1S/C52H30N4/c1-2-12-32(13-3-1)50-49-36-14-5-4-11-31(36)23-27-43(49)53-52(54-50)33-21-25-35(26-22-33)55-45-20-9-7-16-40(45)48-41-30-47-42(29-34(41)24-28-46(48)55)39-18-10-17-38-37-15-6-8-19-44(37)56(47)51(38)39/h1-30H. The Kier molecular flexibility index (Phi) is 5.86. The van der Waals surface area contributed by atoms with E-state index in [-0.39, 0.29) is 0 Å². The number of para-hydroxylation sites is 3. The molecule has 0 amide bonds. The number of hydrogen-bond acceptors (Lipinski definition) is 2. The fraction of sp³-hybridized carbons (Fsp3) is 0. The molecule has 4 heterocycles. The molecule has 0 aliphatic rings. The van der Waals surface area contributed by atoms with E-state index in [1.54, 1.807) is 0 Å². The Hall–Kier alpha value is -7.56. The average Bonchev–Trinajstić information content (AvgIpc) is 3.91. The quantitative estimate of drug-likeness (QED) is 0.171. The van der Waals surface area contributed by atoms with E-state index in [9.17, 15) is 0 Å². The molecule has 0 bridgehead atoms. The molecule has 0 radical (unpaired) electrons. The highest BCUT2D eigenvalue weighted by Gasteiger charge is 2.21. The third-order valence-corrected chi connectivity index (χ3v) is 12.0. The van der Waals surface area contributed by atoms with Gasteiger partial charge in [0.15, 0.2) is 5.82 Å². The zero-order valence-corrected chi connectivity index (χ0v) is 30.1. The fourth-order valence-corrected chi connectivity index (χ4v) is 9.59. The summed E-state index contributed by atoms with van der Waals surface area (Å²) in [5.41, 5.74) is 11.2. The smallest absolute Gasteiger partial charge is 0.160 e. The second kappa shape index (κ2) is 11.0. The predicted molar refractivity (Wildman–Crippen MR) is 234 cm³/mol. The van der Waals surface area contributed by atoms with Crippen LogP contribution in [0.15, 0.2) is 182 Å². The van der Waals surface area contributed by atoms with Crippen LogP contribution in [0.2, 0.25) is 0 Å². The summed E-state index contributed by atoms with van der Waals surface area (Å²) in [5.74, 6) is 0.716. The van der Waals surface area contributed by atoms with Crippen molar-refractivity contribution in [2.24, 2.45) is 0 Å². The van der Waals surface area contributed by atoms with E-state index in [1.165, 1.54) is 76.1 Å². The van der Waals surface area contributed by atoms with Crippen molar-refractivity contribution in [3.8, 4) is 28.3 Å². The first-order chi connectivity index (χ1) is 27.8. The van der Waals surface area contributed by atoms with Crippen LogP contribution in [-0.2, 0) is 0 Å². The van der Waals surface area contributed by atoms with Crippen molar-refractivity contribution in [3.05, 3.63) is 182 Å². The first-order valence-electron chi connectivity index (χ1n) is 19.2. The summed E-state index contributed by atoms with van der Waals surface area (Å²) in [7, 11) is 0. The number of benzene rings is 9. The summed E-state index contributed by atoms with van der Waals surface area (Å²) in [4.78, 5) is 10.4. The van der Waals surface area contributed by atoms with Crippen molar-refractivity contribution in [1.82, 2.24) is 18.9 Å². The molecule has 258 valence electrons. The zero-order chi connectivity index (χ0) is 36.5. The van der Waals surface area contributed by atoms with Gasteiger partial charge in [0.05, 0.1) is 38.8 Å². The highest BCUT2D eigenvalue weighted by Crippen LogP contribution is 2.43. The van der Waals surface area contributed by atoms with E-state index in [0.29, 0.717) is 5.82 Å². The van der Waals surface area contributed by atoms with Gasteiger partial charge in [-0.2, -0.15) is 0 Å². The molecule has 0 saturated carbocycles. The van der Waals surface area contributed by atoms with Crippen LogP contribution in [0.1, 0.15) is 0 Å². The zero-order valence-electron chi connectivity index (χ0n) is 30.1. The van der Waals surface area contributed by atoms with Crippen LogP contribution in [-0.4, -0.2) is 18.9 Å². The lowest BCUT2D eigenvalue weighted by molar-refractivity contribution is 1.17. The number of rotatable bonds is 3. The molecule has 13 rings (SSSR count). The lowest BCUT2D eigenvalue weighted by Gasteiger charge is -2.13. The summed E-state index contributed by atoms with van der Waals surface area (Å²) < 4.78 is 4.88. The second-order valence-electron chi connectivity index (χ2n) is 14.9. The molecule has 0 spiro atoms. The maximum atomic E-state index is 5.27. The Bertz CT molecular complexity index is 3740. The lowest BCUT2D eigenvalue weighted by Crippen LogP contribution is -1.97. The Morgan fingerprint density at radius 1 is 0.357 bits per heavy atom. The molecular formula is C52H30N4. The number of fused-ring (bicyclic) bond motifs is 14. The van der Waals surface area contributed by atoms with Gasteiger partial charge >= 0.3 is 0 Å². The largest absolute Gasteiger partial charge is 0.309 e.